The number of anilines is 1. The molecule has 2 amide bonds. The smallest absolute Gasteiger partial charge is 0.475 e. The average Bonchev–Trinajstić information content (AvgIpc) is 3.17. The molecule has 35 heavy (non-hydrogen) atoms. The molecule has 1 aliphatic heterocycles. The van der Waals surface area contributed by atoms with Crippen molar-refractivity contribution in [3.63, 3.8) is 0 Å². The number of alkyl halides is 3. The number of rotatable bonds is 4. The Labute approximate surface area is 202 Å². The van der Waals surface area contributed by atoms with E-state index in [4.69, 9.17) is 15.6 Å². The highest BCUT2D eigenvalue weighted by Gasteiger charge is 2.38. The van der Waals surface area contributed by atoms with Crippen LogP contribution in [-0.4, -0.2) is 42.2 Å². The van der Waals surface area contributed by atoms with Gasteiger partial charge < -0.3 is 21.5 Å². The van der Waals surface area contributed by atoms with Gasteiger partial charge in [-0.1, -0.05) is 17.9 Å². The first-order valence-electron chi connectivity index (χ1n) is 10.4. The second-order valence-electron chi connectivity index (χ2n) is 7.70. The summed E-state index contributed by atoms with van der Waals surface area (Å²) in [7, 11) is 0. The van der Waals surface area contributed by atoms with Crippen LogP contribution >= 0.6 is 11.3 Å². The molecule has 0 unspecified atom stereocenters. The summed E-state index contributed by atoms with van der Waals surface area (Å²) in [5, 5.41) is 12.9. The van der Waals surface area contributed by atoms with Gasteiger partial charge in [0.05, 0.1) is 15.4 Å². The maximum atomic E-state index is 13.7. The largest absolute Gasteiger partial charge is 0.490 e. The lowest BCUT2D eigenvalue weighted by Gasteiger charge is -2.21. The van der Waals surface area contributed by atoms with Crippen molar-refractivity contribution in [3.05, 3.63) is 51.0 Å². The Kier molecular flexibility index (Phi) is 9.79. The van der Waals surface area contributed by atoms with Crippen LogP contribution in [0.5, 0.6) is 0 Å². The normalized spacial score (nSPS) is 15.2. The molecular weight excluding hydrogens is 490 g/mol. The number of hydrogen-bond donors (Lipinski definition) is 4. The minimum absolute atomic E-state index is 0.0307. The number of ketones is 1. The molecule has 1 saturated heterocycles. The summed E-state index contributed by atoms with van der Waals surface area (Å²) in [6.45, 7) is 3.49. The molecule has 7 nitrogen and oxygen atoms in total. The number of aryl methyl sites for hydroxylation is 1. The van der Waals surface area contributed by atoms with Crippen LogP contribution in [0.2, 0.25) is 0 Å². The maximum Gasteiger partial charge on any atom is 0.490 e. The van der Waals surface area contributed by atoms with E-state index in [1.807, 2.05) is 0 Å². The van der Waals surface area contributed by atoms with Crippen LogP contribution in [0.3, 0.4) is 0 Å². The van der Waals surface area contributed by atoms with Gasteiger partial charge in [-0.15, -0.1) is 11.3 Å². The number of halogens is 4. The number of carbonyl (C=O) groups excluding carboxylic acids is 2. The number of carbonyl (C=O) groups is 3. The minimum atomic E-state index is -5.08. The molecule has 2 aromatic rings. The van der Waals surface area contributed by atoms with Crippen molar-refractivity contribution in [2.45, 2.75) is 32.4 Å². The fraction of sp³-hybridized carbons (Fsp3) is 0.348. The first-order chi connectivity index (χ1) is 16.4. The molecule has 0 aliphatic carbocycles. The molecule has 0 spiro atoms. The quantitative estimate of drug-likeness (QED) is 0.276. The van der Waals surface area contributed by atoms with Crippen molar-refractivity contribution in [1.82, 2.24) is 5.32 Å². The maximum absolute atomic E-state index is 13.7. The first-order valence-corrected chi connectivity index (χ1v) is 11.2. The Hall–Kier alpha value is -3.43. The van der Waals surface area contributed by atoms with E-state index in [0.29, 0.717) is 33.0 Å². The number of amides is 2. The zero-order valence-electron chi connectivity index (χ0n) is 18.6. The number of nitrogens with two attached hydrogens (primary N) is 1. The van der Waals surface area contributed by atoms with E-state index in [1.54, 1.807) is 25.1 Å². The Balaban J connectivity index is 0.000000540. The summed E-state index contributed by atoms with van der Waals surface area (Å²) in [4.78, 5) is 34.0. The molecule has 1 fully saturated rings. The topological polar surface area (TPSA) is 122 Å². The number of hydrogen-bond acceptors (Lipinski definition) is 5. The number of urea groups is 1. The van der Waals surface area contributed by atoms with Crippen molar-refractivity contribution < 1.29 is 37.1 Å². The Morgan fingerprint density at radius 2 is 1.94 bits per heavy atom. The summed E-state index contributed by atoms with van der Waals surface area (Å²) in [6.07, 6.45) is -2.61. The van der Waals surface area contributed by atoms with Crippen molar-refractivity contribution in [1.29, 1.82) is 0 Å². The number of piperidine rings is 1. The Morgan fingerprint density at radius 3 is 2.49 bits per heavy atom. The lowest BCUT2D eigenvalue weighted by molar-refractivity contribution is -0.192. The third-order valence-electron chi connectivity index (χ3n) is 4.86. The van der Waals surface area contributed by atoms with E-state index in [9.17, 15) is 27.2 Å². The van der Waals surface area contributed by atoms with Gasteiger partial charge in [0, 0.05) is 12.0 Å². The molecule has 1 aliphatic rings. The highest BCUT2D eigenvalue weighted by Crippen LogP contribution is 2.30. The average molecular weight is 514 g/mol. The number of aliphatic carboxylic acids is 1. The second kappa shape index (κ2) is 12.3. The lowest BCUT2D eigenvalue weighted by Crippen LogP contribution is -2.31. The summed E-state index contributed by atoms with van der Waals surface area (Å²) in [6, 6.07) is 5.69. The van der Waals surface area contributed by atoms with Crippen molar-refractivity contribution in [2.24, 2.45) is 11.7 Å². The lowest BCUT2D eigenvalue weighted by atomic mass is 9.93. The number of carboxylic acid groups (broad SMARTS) is 1. The molecule has 1 atom stereocenters. The molecule has 0 bridgehead atoms. The van der Waals surface area contributed by atoms with Gasteiger partial charge in [0.15, 0.2) is 5.78 Å². The molecule has 2 heterocycles. The number of nitrogens with one attached hydrogen (secondary N) is 2. The molecule has 0 radical (unpaired) electrons. The van der Waals surface area contributed by atoms with Gasteiger partial charge in [-0.25, -0.2) is 14.0 Å². The van der Waals surface area contributed by atoms with Crippen LogP contribution in [0.25, 0.3) is 0 Å². The van der Waals surface area contributed by atoms with E-state index >= 15 is 0 Å². The van der Waals surface area contributed by atoms with Crippen molar-refractivity contribution in [2.75, 3.05) is 18.4 Å². The monoisotopic (exact) mass is 513 g/mol. The molecular formula is C23H23F4N3O4S. The Morgan fingerprint density at radius 1 is 1.26 bits per heavy atom. The van der Waals surface area contributed by atoms with Gasteiger partial charge in [0.2, 0.25) is 0 Å². The Bertz CT molecular complexity index is 1150. The fourth-order valence-corrected chi connectivity index (χ4v) is 4.06. The van der Waals surface area contributed by atoms with Crippen LogP contribution in [-0.2, 0) is 4.79 Å². The highest BCUT2D eigenvalue weighted by molar-refractivity contribution is 7.15. The van der Waals surface area contributed by atoms with Crippen LogP contribution in [0.1, 0.15) is 44.9 Å². The van der Waals surface area contributed by atoms with Gasteiger partial charge in [-0.3, -0.25) is 4.79 Å². The number of carboxylic acids is 1. The summed E-state index contributed by atoms with van der Waals surface area (Å²) in [5.74, 6) is 3.03. The number of primary amides is 1. The predicted molar refractivity (Wildman–Crippen MR) is 123 cm³/mol. The van der Waals surface area contributed by atoms with Gasteiger partial charge in [0.1, 0.15) is 5.82 Å². The van der Waals surface area contributed by atoms with Crippen molar-refractivity contribution in [3.8, 4) is 11.8 Å². The number of benzene rings is 1. The SMILES string of the molecule is Cc1ccc(C#Cc2cc(NC(N)=O)c(C(=O)C[C@H]3CCCNC3)s2)cc1F.O=C(O)C(F)(F)F. The van der Waals surface area contributed by atoms with Crippen LogP contribution in [0.15, 0.2) is 24.3 Å². The first kappa shape index (κ1) is 27.8. The second-order valence-corrected chi connectivity index (χ2v) is 8.75. The van der Waals surface area contributed by atoms with Gasteiger partial charge in [0.25, 0.3) is 0 Å². The van der Waals surface area contributed by atoms with E-state index in [-0.39, 0.29) is 17.5 Å². The summed E-state index contributed by atoms with van der Waals surface area (Å²) < 4.78 is 45.4. The zero-order chi connectivity index (χ0) is 26.2. The van der Waals surface area contributed by atoms with Crippen LogP contribution < -0.4 is 16.4 Å². The third kappa shape index (κ3) is 9.03. The van der Waals surface area contributed by atoms with Gasteiger partial charge in [-0.2, -0.15) is 13.2 Å². The van der Waals surface area contributed by atoms with E-state index in [1.165, 1.54) is 17.4 Å². The number of thiophene rings is 1. The molecule has 1 aromatic carbocycles. The molecule has 12 heteroatoms. The summed E-state index contributed by atoms with van der Waals surface area (Å²) in [5.41, 5.74) is 6.72. The fourth-order valence-electron chi connectivity index (χ4n) is 3.14. The van der Waals surface area contributed by atoms with E-state index < -0.39 is 18.2 Å². The standard InChI is InChI=1S/C21H22FN3O2S.C2HF3O2/c1-13-4-5-14(9-17(13)22)6-7-16-11-18(25-21(23)27)20(28-16)19(26)10-15-3-2-8-24-12-15;3-2(4,5)1(6)7/h4-5,9,11,15,24H,2-3,8,10,12H2,1H3,(H3,23,25,27);(H,6,7)/t15-;/m1./s1. The predicted octanol–water partition coefficient (Wildman–Crippen LogP) is 4.29. The summed E-state index contributed by atoms with van der Waals surface area (Å²) >= 11 is 1.22. The minimum Gasteiger partial charge on any atom is -0.475 e. The molecule has 188 valence electrons. The zero-order valence-corrected chi connectivity index (χ0v) is 19.4. The van der Waals surface area contributed by atoms with E-state index in [2.05, 4.69) is 22.5 Å². The van der Waals surface area contributed by atoms with Crippen molar-refractivity contribution >= 4 is 34.8 Å². The van der Waals surface area contributed by atoms with Crippen LogP contribution in [0, 0.1) is 30.5 Å². The van der Waals surface area contributed by atoms with Gasteiger partial charge in [-0.05, 0) is 62.5 Å². The molecule has 3 rings (SSSR count). The van der Waals surface area contributed by atoms with E-state index in [0.717, 1.165) is 25.9 Å². The molecule has 1 aromatic heterocycles. The molecule has 5 N–H and O–H groups in total. The van der Waals surface area contributed by atoms with Crippen LogP contribution in [0.4, 0.5) is 28.0 Å². The third-order valence-corrected chi connectivity index (χ3v) is 5.95. The molecule has 0 saturated carbocycles. The number of Topliss-reactive ketones (excluding diaryl/α,β-unsaturated/α-hetero) is 1. The van der Waals surface area contributed by atoms with Gasteiger partial charge >= 0.3 is 18.2 Å². The highest BCUT2D eigenvalue weighted by atomic mass is 32.1.